The van der Waals surface area contributed by atoms with Crippen molar-refractivity contribution in [3.05, 3.63) is 41.9 Å². The van der Waals surface area contributed by atoms with Gasteiger partial charge in [0.05, 0.1) is 18.8 Å². The van der Waals surface area contributed by atoms with Crippen LogP contribution in [0.2, 0.25) is 0 Å². The van der Waals surface area contributed by atoms with Gasteiger partial charge in [0.1, 0.15) is 5.65 Å². The molecule has 5 heteroatoms. The van der Waals surface area contributed by atoms with Gasteiger partial charge in [-0.3, -0.25) is 0 Å². The van der Waals surface area contributed by atoms with Gasteiger partial charge in [-0.2, -0.15) is 0 Å². The molecule has 0 radical (unpaired) electrons. The molecule has 0 N–H and O–H groups in total. The first-order chi connectivity index (χ1) is 10.5. The van der Waals surface area contributed by atoms with Crippen LogP contribution in [0.25, 0.3) is 11.2 Å². The van der Waals surface area contributed by atoms with E-state index >= 15 is 0 Å². The van der Waals surface area contributed by atoms with Gasteiger partial charge in [0.15, 0.2) is 5.69 Å². The molecule has 0 bridgehead atoms. The molecule has 0 fully saturated rings. The van der Waals surface area contributed by atoms with E-state index in [1.165, 1.54) is 5.57 Å². The number of ether oxygens (including phenoxy) is 2. The molecule has 116 valence electrons. The van der Waals surface area contributed by atoms with Crippen LogP contribution in [0.3, 0.4) is 0 Å². The Hall–Kier alpha value is -2.14. The molecule has 1 aliphatic rings. The lowest BCUT2D eigenvalue weighted by atomic mass is 9.95. The summed E-state index contributed by atoms with van der Waals surface area (Å²) in [5.41, 5.74) is 3.20. The highest BCUT2D eigenvalue weighted by Crippen LogP contribution is 2.29. The van der Waals surface area contributed by atoms with E-state index in [0.717, 1.165) is 17.6 Å². The average molecular weight is 300 g/mol. The fourth-order valence-electron chi connectivity index (χ4n) is 2.67. The van der Waals surface area contributed by atoms with Gasteiger partial charge in [-0.15, -0.1) is 0 Å². The first-order valence-corrected chi connectivity index (χ1v) is 7.50. The maximum atomic E-state index is 11.8. The van der Waals surface area contributed by atoms with Crippen LogP contribution >= 0.6 is 0 Å². The number of fused-ring (bicyclic) bond motifs is 1. The molecule has 0 unspecified atom stereocenters. The highest BCUT2D eigenvalue weighted by atomic mass is 16.5. The molecular formula is C17H20N2O3. The minimum Gasteiger partial charge on any atom is -0.461 e. The molecule has 0 saturated carbocycles. The van der Waals surface area contributed by atoms with Crippen LogP contribution in [-0.2, 0) is 9.47 Å². The predicted octanol–water partition coefficient (Wildman–Crippen LogP) is 3.09. The lowest BCUT2D eigenvalue weighted by molar-refractivity contribution is 0.0165. The Balaban J connectivity index is 1.96. The molecule has 1 aliphatic heterocycles. The van der Waals surface area contributed by atoms with E-state index < -0.39 is 0 Å². The van der Waals surface area contributed by atoms with Crippen molar-refractivity contribution in [2.24, 2.45) is 0 Å². The van der Waals surface area contributed by atoms with Gasteiger partial charge in [-0.1, -0.05) is 0 Å². The summed E-state index contributed by atoms with van der Waals surface area (Å²) in [4.78, 5) is 16.1. The van der Waals surface area contributed by atoms with Crippen molar-refractivity contribution < 1.29 is 14.3 Å². The minimum absolute atomic E-state index is 0.245. The second kappa shape index (κ2) is 5.57. The van der Waals surface area contributed by atoms with Crippen molar-refractivity contribution in [1.82, 2.24) is 9.38 Å². The fraction of sp³-hybridized carbons (Fsp3) is 0.412. The first kappa shape index (κ1) is 14.8. The standard InChI is InChI=1S/C17H20N2O3/c1-4-21-16(20)14-11-19-7-5-12(9-15(19)18-14)13-6-8-22-17(2,3)10-13/h5,7,9-11H,4,6,8H2,1-3H3. The number of carbonyl (C=O) groups is 1. The number of nitrogens with zero attached hydrogens (tertiary/aromatic N) is 2. The van der Waals surface area contributed by atoms with Gasteiger partial charge < -0.3 is 13.9 Å². The van der Waals surface area contributed by atoms with E-state index in [1.807, 2.05) is 22.7 Å². The monoisotopic (exact) mass is 300 g/mol. The summed E-state index contributed by atoms with van der Waals surface area (Å²) in [6.07, 6.45) is 6.64. The Morgan fingerprint density at radius 2 is 2.32 bits per heavy atom. The second-order valence-corrected chi connectivity index (χ2v) is 5.90. The average Bonchev–Trinajstić information content (AvgIpc) is 2.89. The van der Waals surface area contributed by atoms with Crippen molar-refractivity contribution in [1.29, 1.82) is 0 Å². The van der Waals surface area contributed by atoms with Gasteiger partial charge in [-0.25, -0.2) is 9.78 Å². The molecule has 0 aliphatic carbocycles. The van der Waals surface area contributed by atoms with E-state index in [4.69, 9.17) is 9.47 Å². The summed E-state index contributed by atoms with van der Waals surface area (Å²) >= 11 is 0. The quantitative estimate of drug-likeness (QED) is 0.817. The molecule has 5 nitrogen and oxygen atoms in total. The second-order valence-electron chi connectivity index (χ2n) is 5.90. The molecule has 0 spiro atoms. The number of aromatic nitrogens is 2. The Labute approximate surface area is 129 Å². The van der Waals surface area contributed by atoms with Crippen LogP contribution in [0.4, 0.5) is 0 Å². The molecule has 0 amide bonds. The Morgan fingerprint density at radius 3 is 3.05 bits per heavy atom. The summed E-state index contributed by atoms with van der Waals surface area (Å²) < 4.78 is 12.5. The Morgan fingerprint density at radius 1 is 1.50 bits per heavy atom. The topological polar surface area (TPSA) is 52.8 Å². The first-order valence-electron chi connectivity index (χ1n) is 7.50. The zero-order valence-electron chi connectivity index (χ0n) is 13.1. The summed E-state index contributed by atoms with van der Waals surface area (Å²) in [7, 11) is 0. The molecule has 22 heavy (non-hydrogen) atoms. The maximum Gasteiger partial charge on any atom is 0.358 e. The fourth-order valence-corrected chi connectivity index (χ4v) is 2.67. The lowest BCUT2D eigenvalue weighted by Gasteiger charge is -2.28. The highest BCUT2D eigenvalue weighted by molar-refractivity contribution is 5.88. The van der Waals surface area contributed by atoms with Crippen molar-refractivity contribution in [2.75, 3.05) is 13.2 Å². The van der Waals surface area contributed by atoms with Crippen molar-refractivity contribution in [2.45, 2.75) is 32.8 Å². The molecular weight excluding hydrogens is 280 g/mol. The summed E-state index contributed by atoms with van der Waals surface area (Å²) in [5.74, 6) is -0.390. The number of hydrogen-bond donors (Lipinski definition) is 0. The summed E-state index contributed by atoms with van der Waals surface area (Å²) in [5, 5.41) is 0. The van der Waals surface area contributed by atoms with Gasteiger partial charge in [-0.05, 0) is 56.5 Å². The zero-order valence-corrected chi connectivity index (χ0v) is 13.1. The van der Waals surface area contributed by atoms with Gasteiger partial charge in [0.25, 0.3) is 0 Å². The van der Waals surface area contributed by atoms with Crippen LogP contribution in [0.5, 0.6) is 0 Å². The van der Waals surface area contributed by atoms with Crippen LogP contribution in [0.15, 0.2) is 30.6 Å². The third kappa shape index (κ3) is 2.90. The summed E-state index contributed by atoms with van der Waals surface area (Å²) in [6.45, 7) is 6.95. The van der Waals surface area contributed by atoms with Crippen LogP contribution in [-0.4, -0.2) is 34.2 Å². The van der Waals surface area contributed by atoms with E-state index in [0.29, 0.717) is 18.9 Å². The minimum atomic E-state index is -0.390. The van der Waals surface area contributed by atoms with Crippen LogP contribution in [0, 0.1) is 0 Å². The number of esters is 1. The van der Waals surface area contributed by atoms with Crippen molar-refractivity contribution >= 4 is 17.2 Å². The molecule has 0 saturated heterocycles. The third-order valence-electron chi connectivity index (χ3n) is 3.68. The van der Waals surface area contributed by atoms with Gasteiger partial charge in [0.2, 0.25) is 0 Å². The van der Waals surface area contributed by atoms with Crippen LogP contribution < -0.4 is 0 Å². The maximum absolute atomic E-state index is 11.8. The lowest BCUT2D eigenvalue weighted by Crippen LogP contribution is -2.26. The highest BCUT2D eigenvalue weighted by Gasteiger charge is 2.22. The van der Waals surface area contributed by atoms with E-state index in [2.05, 4.69) is 24.9 Å². The van der Waals surface area contributed by atoms with E-state index in [-0.39, 0.29) is 11.6 Å². The normalized spacial score (nSPS) is 17.3. The zero-order chi connectivity index (χ0) is 15.7. The van der Waals surface area contributed by atoms with E-state index in [9.17, 15) is 4.79 Å². The number of rotatable bonds is 3. The SMILES string of the molecule is CCOC(=O)c1cn2ccc(C3=CC(C)(C)OCC3)cc2n1. The molecule has 0 atom stereocenters. The smallest absolute Gasteiger partial charge is 0.358 e. The molecule has 2 aromatic rings. The van der Waals surface area contributed by atoms with Crippen molar-refractivity contribution in [3.8, 4) is 0 Å². The molecule has 3 rings (SSSR count). The number of imidazole rings is 1. The predicted molar refractivity (Wildman–Crippen MR) is 83.8 cm³/mol. The largest absolute Gasteiger partial charge is 0.461 e. The van der Waals surface area contributed by atoms with Gasteiger partial charge in [0, 0.05) is 12.4 Å². The van der Waals surface area contributed by atoms with E-state index in [1.54, 1.807) is 13.1 Å². The Kier molecular flexibility index (Phi) is 3.74. The molecule has 3 heterocycles. The number of pyridine rings is 1. The number of carbonyl (C=O) groups excluding carboxylic acids is 1. The third-order valence-corrected chi connectivity index (χ3v) is 3.68. The van der Waals surface area contributed by atoms with Crippen LogP contribution in [0.1, 0.15) is 43.2 Å². The number of hydrogen-bond acceptors (Lipinski definition) is 4. The molecule has 0 aromatic carbocycles. The van der Waals surface area contributed by atoms with Crippen molar-refractivity contribution in [3.63, 3.8) is 0 Å². The van der Waals surface area contributed by atoms with Gasteiger partial charge >= 0.3 is 5.97 Å². The Bertz CT molecular complexity index is 743. The molecule has 2 aromatic heterocycles. The summed E-state index contributed by atoms with van der Waals surface area (Å²) in [6, 6.07) is 4.03.